The number of carboxylic acids is 1. The fourth-order valence-corrected chi connectivity index (χ4v) is 2.95. The number of aromatic carboxylic acids is 1. The Labute approximate surface area is 125 Å². The van der Waals surface area contributed by atoms with Gasteiger partial charge in [-0.1, -0.05) is 11.6 Å². The van der Waals surface area contributed by atoms with Gasteiger partial charge in [-0.15, -0.1) is 0 Å². The van der Waals surface area contributed by atoms with E-state index < -0.39 is 5.97 Å². The van der Waals surface area contributed by atoms with Crippen LogP contribution in [0.15, 0.2) is 16.9 Å². The molecule has 1 aromatic carbocycles. The van der Waals surface area contributed by atoms with Gasteiger partial charge in [0, 0.05) is 11.6 Å². The lowest BCUT2D eigenvalue weighted by Gasteiger charge is -2.18. The van der Waals surface area contributed by atoms with E-state index in [1.165, 1.54) is 14.0 Å². The van der Waals surface area contributed by atoms with E-state index in [9.17, 15) is 14.7 Å². The molecule has 0 unspecified atom stereocenters. The molecule has 0 saturated heterocycles. The summed E-state index contributed by atoms with van der Waals surface area (Å²) in [6, 6.07) is 3.33. The summed E-state index contributed by atoms with van der Waals surface area (Å²) in [6.45, 7) is 1.53. The number of aromatic nitrogens is 1. The third kappa shape index (κ3) is 2.00. The zero-order valence-corrected chi connectivity index (χ0v) is 12.4. The summed E-state index contributed by atoms with van der Waals surface area (Å²) in [6.07, 6.45) is 1.76. The SMILES string of the molecule is COc1ccc(Cl)c2c(=O)c(C)c(C(=O)O)n(C3CC3)c12. The average molecular weight is 308 g/mol. The molecule has 0 amide bonds. The molecule has 3 rings (SSSR count). The van der Waals surface area contributed by atoms with Crippen molar-refractivity contribution in [2.75, 3.05) is 7.11 Å². The van der Waals surface area contributed by atoms with Crippen LogP contribution in [0, 0.1) is 6.92 Å². The molecule has 0 bridgehead atoms. The van der Waals surface area contributed by atoms with Gasteiger partial charge in [0.05, 0.1) is 23.0 Å². The van der Waals surface area contributed by atoms with Crippen LogP contribution in [0.5, 0.6) is 5.75 Å². The molecule has 1 saturated carbocycles. The Morgan fingerprint density at radius 2 is 2.10 bits per heavy atom. The number of carbonyl (C=O) groups is 1. The molecular formula is C15H14ClNO4. The lowest BCUT2D eigenvalue weighted by atomic mass is 10.1. The molecule has 1 fully saturated rings. The van der Waals surface area contributed by atoms with Gasteiger partial charge in [-0.25, -0.2) is 4.79 Å². The number of nitrogens with zero attached hydrogens (tertiary/aromatic N) is 1. The van der Waals surface area contributed by atoms with Crippen LogP contribution in [0.3, 0.4) is 0 Å². The predicted octanol–water partition coefficient (Wildman–Crippen LogP) is 3.01. The highest BCUT2D eigenvalue weighted by Crippen LogP contribution is 2.42. The van der Waals surface area contributed by atoms with Crippen LogP contribution in [-0.2, 0) is 0 Å². The Balaban J connectivity index is 2.61. The van der Waals surface area contributed by atoms with E-state index >= 15 is 0 Å². The van der Waals surface area contributed by atoms with Gasteiger partial charge in [-0.2, -0.15) is 0 Å². The maximum Gasteiger partial charge on any atom is 0.352 e. The molecule has 21 heavy (non-hydrogen) atoms. The molecule has 0 atom stereocenters. The molecule has 1 N–H and O–H groups in total. The second kappa shape index (κ2) is 4.77. The standard InChI is InChI=1S/C15H14ClNO4/c1-7-12(15(19)20)17(8-3-4-8)13-10(21-2)6-5-9(16)11(13)14(7)18/h5-6,8H,3-4H2,1-2H3,(H,19,20). The van der Waals surface area contributed by atoms with Crippen LogP contribution in [0.25, 0.3) is 10.9 Å². The van der Waals surface area contributed by atoms with Gasteiger partial charge in [0.25, 0.3) is 0 Å². The maximum atomic E-state index is 12.5. The van der Waals surface area contributed by atoms with E-state index in [4.69, 9.17) is 16.3 Å². The summed E-state index contributed by atoms with van der Waals surface area (Å²) < 4.78 is 7.01. The number of carboxylic acid groups (broad SMARTS) is 1. The molecule has 0 radical (unpaired) electrons. The van der Waals surface area contributed by atoms with Crippen molar-refractivity contribution in [2.24, 2.45) is 0 Å². The van der Waals surface area contributed by atoms with E-state index in [1.54, 1.807) is 16.7 Å². The van der Waals surface area contributed by atoms with Crippen LogP contribution in [0.4, 0.5) is 0 Å². The summed E-state index contributed by atoms with van der Waals surface area (Å²) >= 11 is 6.18. The minimum absolute atomic E-state index is 0.0237. The van der Waals surface area contributed by atoms with E-state index in [1.807, 2.05) is 0 Å². The fraction of sp³-hybridized carbons (Fsp3) is 0.333. The number of methoxy groups -OCH3 is 1. The van der Waals surface area contributed by atoms with Crippen molar-refractivity contribution in [3.63, 3.8) is 0 Å². The topological polar surface area (TPSA) is 68.5 Å². The van der Waals surface area contributed by atoms with Crippen molar-refractivity contribution < 1.29 is 14.6 Å². The molecule has 5 nitrogen and oxygen atoms in total. The predicted molar refractivity (Wildman–Crippen MR) is 79.7 cm³/mol. The minimum atomic E-state index is -1.11. The first-order chi connectivity index (χ1) is 9.97. The number of halogens is 1. The number of pyridine rings is 1. The largest absolute Gasteiger partial charge is 0.495 e. The lowest BCUT2D eigenvalue weighted by molar-refractivity contribution is 0.0683. The van der Waals surface area contributed by atoms with E-state index in [2.05, 4.69) is 0 Å². The highest BCUT2D eigenvalue weighted by Gasteiger charge is 2.32. The summed E-state index contributed by atoms with van der Waals surface area (Å²) in [7, 11) is 1.49. The molecule has 0 aliphatic heterocycles. The molecule has 6 heteroatoms. The van der Waals surface area contributed by atoms with Gasteiger partial charge in [0.2, 0.25) is 0 Å². The van der Waals surface area contributed by atoms with Crippen LogP contribution in [0.1, 0.15) is 34.9 Å². The van der Waals surface area contributed by atoms with Crippen molar-refractivity contribution >= 4 is 28.5 Å². The van der Waals surface area contributed by atoms with Crippen molar-refractivity contribution in [1.29, 1.82) is 0 Å². The first kappa shape index (κ1) is 13.9. The number of fused-ring (bicyclic) bond motifs is 1. The number of hydrogen-bond acceptors (Lipinski definition) is 3. The summed E-state index contributed by atoms with van der Waals surface area (Å²) in [4.78, 5) is 24.1. The molecule has 0 spiro atoms. The Kier molecular flexibility index (Phi) is 3.17. The summed E-state index contributed by atoms with van der Waals surface area (Å²) in [5, 5.41) is 10.1. The highest BCUT2D eigenvalue weighted by atomic mass is 35.5. The first-order valence-electron chi connectivity index (χ1n) is 6.62. The molecule has 1 heterocycles. The minimum Gasteiger partial charge on any atom is -0.495 e. The Morgan fingerprint density at radius 1 is 1.43 bits per heavy atom. The average Bonchev–Trinajstić information content (AvgIpc) is 3.26. The third-order valence-corrected chi connectivity index (χ3v) is 4.14. The fourth-order valence-electron chi connectivity index (χ4n) is 2.72. The van der Waals surface area contributed by atoms with Crippen molar-refractivity contribution in [1.82, 2.24) is 4.57 Å². The molecule has 1 aliphatic carbocycles. The first-order valence-corrected chi connectivity index (χ1v) is 6.99. The summed E-state index contributed by atoms with van der Waals surface area (Å²) in [5.74, 6) is -0.652. The Bertz CT molecular complexity index is 821. The maximum absolute atomic E-state index is 12.5. The van der Waals surface area contributed by atoms with Crippen LogP contribution < -0.4 is 10.2 Å². The number of ether oxygens (including phenoxy) is 1. The van der Waals surface area contributed by atoms with Gasteiger partial charge in [-0.05, 0) is 31.9 Å². The number of rotatable bonds is 3. The van der Waals surface area contributed by atoms with E-state index in [0.29, 0.717) is 21.7 Å². The zero-order chi connectivity index (χ0) is 15.3. The van der Waals surface area contributed by atoms with Gasteiger partial charge in [0.15, 0.2) is 5.43 Å². The molecule has 110 valence electrons. The van der Waals surface area contributed by atoms with Gasteiger partial charge < -0.3 is 14.4 Å². The smallest absolute Gasteiger partial charge is 0.352 e. The molecule has 1 aliphatic rings. The van der Waals surface area contributed by atoms with Crippen LogP contribution in [0.2, 0.25) is 5.02 Å². The van der Waals surface area contributed by atoms with E-state index in [0.717, 1.165) is 12.8 Å². The van der Waals surface area contributed by atoms with Crippen molar-refractivity contribution in [2.45, 2.75) is 25.8 Å². The second-order valence-corrected chi connectivity index (χ2v) is 5.59. The number of benzene rings is 1. The molecular weight excluding hydrogens is 294 g/mol. The Morgan fingerprint density at radius 3 is 2.62 bits per heavy atom. The van der Waals surface area contributed by atoms with Gasteiger partial charge >= 0.3 is 5.97 Å². The van der Waals surface area contributed by atoms with Crippen molar-refractivity contribution in [3.8, 4) is 5.75 Å². The molecule has 1 aromatic heterocycles. The van der Waals surface area contributed by atoms with Crippen LogP contribution in [-0.4, -0.2) is 22.8 Å². The van der Waals surface area contributed by atoms with Crippen LogP contribution >= 0.6 is 11.6 Å². The van der Waals surface area contributed by atoms with Gasteiger partial charge in [-0.3, -0.25) is 4.79 Å². The zero-order valence-electron chi connectivity index (χ0n) is 11.6. The van der Waals surface area contributed by atoms with Crippen molar-refractivity contribution in [3.05, 3.63) is 38.6 Å². The molecule has 2 aromatic rings. The summed E-state index contributed by atoms with van der Waals surface area (Å²) in [5.41, 5.74) is 0.344. The third-order valence-electron chi connectivity index (χ3n) is 3.83. The normalized spacial score (nSPS) is 14.4. The van der Waals surface area contributed by atoms with Gasteiger partial charge in [0.1, 0.15) is 11.4 Å². The second-order valence-electron chi connectivity index (χ2n) is 5.18. The quantitative estimate of drug-likeness (QED) is 0.946. The lowest BCUT2D eigenvalue weighted by Crippen LogP contribution is -2.22. The number of hydrogen-bond donors (Lipinski definition) is 1. The highest BCUT2D eigenvalue weighted by molar-refractivity contribution is 6.35. The Hall–Kier alpha value is -2.01. The monoisotopic (exact) mass is 307 g/mol. The van der Waals surface area contributed by atoms with E-state index in [-0.39, 0.29) is 22.7 Å².